The summed E-state index contributed by atoms with van der Waals surface area (Å²) in [6.07, 6.45) is 0. The lowest BCUT2D eigenvalue weighted by Crippen LogP contribution is -2.19. The molecule has 0 aromatic heterocycles. The number of nitrogens with two attached hydrogens (primary N) is 1. The van der Waals surface area contributed by atoms with E-state index in [2.05, 4.69) is 5.10 Å². The highest BCUT2D eigenvalue weighted by Crippen LogP contribution is 2.26. The number of benzene rings is 1. The molecule has 1 aliphatic heterocycles. The van der Waals surface area contributed by atoms with E-state index in [0.717, 1.165) is 11.3 Å². The molecular formula is C13H15N3O2S. The molecule has 100 valence electrons. The van der Waals surface area contributed by atoms with Crippen LogP contribution in [0.2, 0.25) is 0 Å². The third-order valence-corrected chi connectivity index (χ3v) is 3.24. The summed E-state index contributed by atoms with van der Waals surface area (Å²) in [6.45, 7) is 2.16. The highest BCUT2D eigenvalue weighted by atomic mass is 32.2. The predicted molar refractivity (Wildman–Crippen MR) is 77.4 cm³/mol. The van der Waals surface area contributed by atoms with Gasteiger partial charge in [0.1, 0.15) is 0 Å². The number of carbonyl (C=O) groups excluding carboxylic acids is 1. The number of hydrogen-bond donors (Lipinski definition) is 1. The van der Waals surface area contributed by atoms with Crippen LogP contribution in [0, 0.1) is 0 Å². The number of hydrogen-bond acceptors (Lipinski definition) is 6. The maximum atomic E-state index is 11.5. The van der Waals surface area contributed by atoms with Crippen molar-refractivity contribution >= 4 is 28.6 Å². The molecule has 1 aromatic carbocycles. The molecule has 0 fully saturated rings. The van der Waals surface area contributed by atoms with Gasteiger partial charge in [0, 0.05) is 18.0 Å². The van der Waals surface area contributed by atoms with Crippen LogP contribution in [-0.4, -0.2) is 29.8 Å². The van der Waals surface area contributed by atoms with Crippen molar-refractivity contribution in [1.29, 1.82) is 0 Å². The first-order valence-electron chi connectivity index (χ1n) is 5.84. The van der Waals surface area contributed by atoms with Crippen LogP contribution >= 0.6 is 11.8 Å². The van der Waals surface area contributed by atoms with Gasteiger partial charge in [-0.2, -0.15) is 0 Å². The highest BCUT2D eigenvalue weighted by Gasteiger charge is 2.13. The van der Waals surface area contributed by atoms with Crippen molar-refractivity contribution in [3.8, 4) is 0 Å². The molecule has 0 atom stereocenters. The van der Waals surface area contributed by atoms with Crippen LogP contribution in [0.15, 0.2) is 34.8 Å². The molecule has 0 aliphatic carbocycles. The van der Waals surface area contributed by atoms with E-state index >= 15 is 0 Å². The quantitative estimate of drug-likeness (QED) is 0.857. The second-order valence-corrected chi connectivity index (χ2v) is 4.77. The van der Waals surface area contributed by atoms with E-state index in [4.69, 9.17) is 10.5 Å². The van der Waals surface area contributed by atoms with Gasteiger partial charge in [0.15, 0.2) is 5.17 Å². The van der Waals surface area contributed by atoms with Crippen LogP contribution in [0.25, 0.3) is 5.70 Å². The van der Waals surface area contributed by atoms with Gasteiger partial charge >= 0.3 is 5.97 Å². The normalized spacial score (nSPS) is 14.7. The Balaban J connectivity index is 2.17. The molecule has 0 radical (unpaired) electrons. The number of hydrazone groups is 1. The molecule has 1 heterocycles. The number of rotatable bonds is 3. The molecule has 0 unspecified atom stereocenters. The Bertz CT molecular complexity index is 537. The first-order valence-corrected chi connectivity index (χ1v) is 6.72. The van der Waals surface area contributed by atoms with Crippen molar-refractivity contribution in [3.05, 3.63) is 40.8 Å². The largest absolute Gasteiger partial charge is 0.462 e. The Morgan fingerprint density at radius 3 is 2.68 bits per heavy atom. The van der Waals surface area contributed by atoms with Crippen LogP contribution in [0.5, 0.6) is 0 Å². The zero-order chi connectivity index (χ0) is 13.8. The third kappa shape index (κ3) is 3.08. The summed E-state index contributed by atoms with van der Waals surface area (Å²) in [5, 5.41) is 8.31. The molecule has 0 saturated carbocycles. The second kappa shape index (κ2) is 5.79. The lowest BCUT2D eigenvalue weighted by atomic mass is 10.1. The standard InChI is InChI=1S/C13H15N3O2S/c1-3-18-12(17)10-6-4-9(5-7-10)11-8-19-13(14)15-16(11)2/h4-8H,3H2,1-2H3,(H2,14,15). The van der Waals surface area contributed by atoms with Gasteiger partial charge in [0.05, 0.1) is 17.9 Å². The number of thioether (sulfide) groups is 1. The minimum absolute atomic E-state index is 0.309. The zero-order valence-corrected chi connectivity index (χ0v) is 11.6. The average molecular weight is 277 g/mol. The minimum atomic E-state index is -0.309. The second-order valence-electron chi connectivity index (χ2n) is 3.88. The number of amidine groups is 1. The summed E-state index contributed by atoms with van der Waals surface area (Å²) < 4.78 is 4.94. The zero-order valence-electron chi connectivity index (χ0n) is 10.8. The van der Waals surface area contributed by atoms with E-state index in [1.807, 2.05) is 24.6 Å². The van der Waals surface area contributed by atoms with E-state index in [0.29, 0.717) is 17.3 Å². The van der Waals surface area contributed by atoms with Crippen molar-refractivity contribution in [1.82, 2.24) is 5.01 Å². The third-order valence-electron chi connectivity index (χ3n) is 2.58. The first-order chi connectivity index (χ1) is 9.11. The molecule has 6 heteroatoms. The minimum Gasteiger partial charge on any atom is -0.462 e. The molecule has 1 aliphatic rings. The fourth-order valence-electron chi connectivity index (χ4n) is 1.66. The lowest BCUT2D eigenvalue weighted by Gasteiger charge is -2.21. The van der Waals surface area contributed by atoms with Gasteiger partial charge in [-0.3, -0.25) is 5.01 Å². The topological polar surface area (TPSA) is 67.9 Å². The van der Waals surface area contributed by atoms with Gasteiger partial charge in [-0.1, -0.05) is 23.9 Å². The van der Waals surface area contributed by atoms with E-state index < -0.39 is 0 Å². The van der Waals surface area contributed by atoms with Gasteiger partial charge in [-0.25, -0.2) is 4.79 Å². The summed E-state index contributed by atoms with van der Waals surface area (Å²) in [5.74, 6) is -0.309. The lowest BCUT2D eigenvalue weighted by molar-refractivity contribution is 0.0526. The molecule has 0 spiro atoms. The molecule has 0 bridgehead atoms. The SMILES string of the molecule is CCOC(=O)c1ccc(C2=CSC(N)=NN2C)cc1. The van der Waals surface area contributed by atoms with Crippen LogP contribution in [0.4, 0.5) is 0 Å². The van der Waals surface area contributed by atoms with Gasteiger partial charge < -0.3 is 10.5 Å². The molecule has 2 N–H and O–H groups in total. The van der Waals surface area contributed by atoms with Gasteiger partial charge in [0.2, 0.25) is 0 Å². The number of esters is 1. The summed E-state index contributed by atoms with van der Waals surface area (Å²) >= 11 is 1.38. The van der Waals surface area contributed by atoms with Crippen molar-refractivity contribution in [2.75, 3.05) is 13.7 Å². The summed E-state index contributed by atoms with van der Waals surface area (Å²) in [6, 6.07) is 7.22. The number of ether oxygens (including phenoxy) is 1. The Morgan fingerprint density at radius 2 is 2.11 bits per heavy atom. The molecule has 0 amide bonds. The van der Waals surface area contributed by atoms with Crippen molar-refractivity contribution in [2.24, 2.45) is 10.8 Å². The van der Waals surface area contributed by atoms with E-state index in [1.165, 1.54) is 11.8 Å². The Kier molecular flexibility index (Phi) is 4.11. The number of carbonyl (C=O) groups is 1. The Morgan fingerprint density at radius 1 is 1.42 bits per heavy atom. The maximum absolute atomic E-state index is 11.5. The summed E-state index contributed by atoms with van der Waals surface area (Å²) in [7, 11) is 1.83. The molecule has 5 nitrogen and oxygen atoms in total. The van der Waals surface area contributed by atoms with Crippen LogP contribution < -0.4 is 5.73 Å². The van der Waals surface area contributed by atoms with Gasteiger partial charge in [-0.05, 0) is 19.1 Å². The molecule has 2 rings (SSSR count). The van der Waals surface area contributed by atoms with Crippen molar-refractivity contribution in [3.63, 3.8) is 0 Å². The molecular weight excluding hydrogens is 262 g/mol. The monoisotopic (exact) mass is 277 g/mol. The van der Waals surface area contributed by atoms with Gasteiger partial charge in [0.25, 0.3) is 0 Å². The van der Waals surface area contributed by atoms with Gasteiger partial charge in [-0.15, -0.1) is 5.10 Å². The highest BCUT2D eigenvalue weighted by molar-refractivity contribution is 8.16. The molecule has 1 aromatic rings. The van der Waals surface area contributed by atoms with Crippen LogP contribution in [0.3, 0.4) is 0 Å². The number of nitrogens with zero attached hydrogens (tertiary/aromatic N) is 2. The van der Waals surface area contributed by atoms with Crippen molar-refractivity contribution in [2.45, 2.75) is 6.92 Å². The molecule has 19 heavy (non-hydrogen) atoms. The van der Waals surface area contributed by atoms with E-state index in [-0.39, 0.29) is 5.97 Å². The Hall–Kier alpha value is -1.95. The van der Waals surface area contributed by atoms with Crippen LogP contribution in [0.1, 0.15) is 22.8 Å². The summed E-state index contributed by atoms with van der Waals surface area (Å²) in [5.41, 5.74) is 8.08. The Labute approximate surface area is 116 Å². The maximum Gasteiger partial charge on any atom is 0.338 e. The fourth-order valence-corrected chi connectivity index (χ4v) is 2.35. The average Bonchev–Trinajstić information content (AvgIpc) is 2.39. The van der Waals surface area contributed by atoms with Crippen LogP contribution in [-0.2, 0) is 4.74 Å². The fraction of sp³-hybridized carbons (Fsp3) is 0.231. The predicted octanol–water partition coefficient (Wildman–Crippen LogP) is 2.07. The smallest absolute Gasteiger partial charge is 0.338 e. The van der Waals surface area contributed by atoms with E-state index in [1.54, 1.807) is 24.1 Å². The van der Waals surface area contributed by atoms with E-state index in [9.17, 15) is 4.79 Å². The first kappa shape index (κ1) is 13.5. The summed E-state index contributed by atoms with van der Waals surface area (Å²) in [4.78, 5) is 11.5. The van der Waals surface area contributed by atoms with Crippen molar-refractivity contribution < 1.29 is 9.53 Å². The molecule has 0 saturated heterocycles.